The van der Waals surface area contributed by atoms with Crippen molar-refractivity contribution in [3.63, 3.8) is 0 Å². The summed E-state index contributed by atoms with van der Waals surface area (Å²) in [6, 6.07) is 10.6. The third kappa shape index (κ3) is 2.21. The summed E-state index contributed by atoms with van der Waals surface area (Å²) < 4.78 is 0. The Hall–Kier alpha value is -1.11. The number of hydrogen-bond acceptors (Lipinski definition) is 1. The molecule has 0 heterocycles. The Morgan fingerprint density at radius 2 is 1.80 bits per heavy atom. The number of ketones is 1. The molecular formula is C19H26O. The van der Waals surface area contributed by atoms with Gasteiger partial charge >= 0.3 is 0 Å². The Bertz CT molecular complexity index is 458. The lowest BCUT2D eigenvalue weighted by molar-refractivity contribution is -0.134. The fraction of sp³-hybridized carbons (Fsp3) is 0.632. The molecule has 0 saturated heterocycles. The third-order valence-electron chi connectivity index (χ3n) is 5.78. The van der Waals surface area contributed by atoms with E-state index in [9.17, 15) is 4.79 Å². The van der Waals surface area contributed by atoms with E-state index < -0.39 is 0 Å². The van der Waals surface area contributed by atoms with Gasteiger partial charge in [-0.3, -0.25) is 4.79 Å². The fourth-order valence-corrected chi connectivity index (χ4v) is 4.36. The minimum absolute atomic E-state index is 0.128. The highest BCUT2D eigenvalue weighted by Gasteiger charge is 2.49. The first kappa shape index (κ1) is 13.9. The van der Waals surface area contributed by atoms with Gasteiger partial charge in [0, 0.05) is 5.92 Å². The second-order valence-electron chi connectivity index (χ2n) is 6.73. The lowest BCUT2D eigenvalue weighted by atomic mass is 9.57. The summed E-state index contributed by atoms with van der Waals surface area (Å²) >= 11 is 0. The van der Waals surface area contributed by atoms with E-state index in [0.717, 1.165) is 19.3 Å². The summed E-state index contributed by atoms with van der Waals surface area (Å²) in [5.41, 5.74) is 1.15. The van der Waals surface area contributed by atoms with Crippen LogP contribution >= 0.6 is 0 Å². The normalized spacial score (nSPS) is 28.6. The Balaban J connectivity index is 1.87. The molecule has 2 fully saturated rings. The van der Waals surface area contributed by atoms with E-state index in [-0.39, 0.29) is 5.41 Å². The molecule has 1 heteroatoms. The standard InChI is InChI=1S/C19H26O/c1-2-15-9-6-7-12-17(15)18(20)19(13-8-14-19)16-10-4-3-5-11-16/h3-5,10-11,15,17H,2,6-9,12-14H2,1H3. The lowest BCUT2D eigenvalue weighted by Crippen LogP contribution is -2.48. The Morgan fingerprint density at radius 3 is 2.40 bits per heavy atom. The van der Waals surface area contributed by atoms with Gasteiger partial charge in [-0.15, -0.1) is 0 Å². The molecule has 0 amide bonds. The first-order valence-corrected chi connectivity index (χ1v) is 8.38. The predicted molar refractivity (Wildman–Crippen MR) is 82.7 cm³/mol. The second-order valence-corrected chi connectivity index (χ2v) is 6.73. The van der Waals surface area contributed by atoms with Crippen molar-refractivity contribution in [1.29, 1.82) is 0 Å². The van der Waals surface area contributed by atoms with E-state index in [4.69, 9.17) is 0 Å². The molecule has 2 aliphatic carbocycles. The summed E-state index contributed by atoms with van der Waals surface area (Å²) in [5, 5.41) is 0. The molecule has 2 unspecified atom stereocenters. The van der Waals surface area contributed by atoms with Crippen LogP contribution < -0.4 is 0 Å². The third-order valence-corrected chi connectivity index (χ3v) is 5.78. The van der Waals surface area contributed by atoms with Crippen LogP contribution in [0.25, 0.3) is 0 Å². The van der Waals surface area contributed by atoms with E-state index in [1.54, 1.807) is 0 Å². The summed E-state index contributed by atoms with van der Waals surface area (Å²) in [6.45, 7) is 2.26. The summed E-state index contributed by atoms with van der Waals surface area (Å²) in [6.07, 6.45) is 9.49. The summed E-state index contributed by atoms with van der Waals surface area (Å²) in [4.78, 5) is 13.3. The number of rotatable bonds is 4. The largest absolute Gasteiger partial charge is 0.298 e. The molecule has 0 bridgehead atoms. The fourth-order valence-electron chi connectivity index (χ4n) is 4.36. The topological polar surface area (TPSA) is 17.1 Å². The molecule has 0 aliphatic heterocycles. The van der Waals surface area contributed by atoms with Gasteiger partial charge in [0.2, 0.25) is 0 Å². The Kier molecular flexibility index (Phi) is 3.96. The number of carbonyl (C=O) groups excluding carboxylic acids is 1. The molecule has 0 spiro atoms. The smallest absolute Gasteiger partial charge is 0.146 e. The summed E-state index contributed by atoms with van der Waals surface area (Å²) in [5.74, 6) is 1.54. The van der Waals surface area contributed by atoms with Crippen molar-refractivity contribution in [2.24, 2.45) is 11.8 Å². The zero-order valence-corrected chi connectivity index (χ0v) is 12.6. The molecule has 0 radical (unpaired) electrons. The molecule has 1 aromatic rings. The lowest BCUT2D eigenvalue weighted by Gasteiger charge is -2.45. The average Bonchev–Trinajstić information content (AvgIpc) is 2.47. The van der Waals surface area contributed by atoms with E-state index in [1.807, 2.05) is 0 Å². The second kappa shape index (κ2) is 5.71. The maximum absolute atomic E-state index is 13.3. The monoisotopic (exact) mass is 270 g/mol. The van der Waals surface area contributed by atoms with Crippen LogP contribution in [0, 0.1) is 11.8 Å². The van der Waals surface area contributed by atoms with Gasteiger partial charge in [0.15, 0.2) is 0 Å². The molecule has 1 nitrogen and oxygen atoms in total. The molecule has 1 aromatic carbocycles. The van der Waals surface area contributed by atoms with Crippen LogP contribution in [0.4, 0.5) is 0 Å². The van der Waals surface area contributed by atoms with Gasteiger partial charge in [-0.05, 0) is 37.2 Å². The maximum Gasteiger partial charge on any atom is 0.146 e. The van der Waals surface area contributed by atoms with Gasteiger partial charge in [0.05, 0.1) is 5.41 Å². The first-order valence-electron chi connectivity index (χ1n) is 8.38. The van der Waals surface area contributed by atoms with Crippen molar-refractivity contribution < 1.29 is 4.79 Å². The zero-order valence-electron chi connectivity index (χ0n) is 12.6. The van der Waals surface area contributed by atoms with Gasteiger partial charge in [0.1, 0.15) is 5.78 Å². The minimum atomic E-state index is -0.128. The van der Waals surface area contributed by atoms with Crippen molar-refractivity contribution in [2.45, 2.75) is 63.7 Å². The maximum atomic E-state index is 13.3. The first-order chi connectivity index (χ1) is 9.78. The van der Waals surface area contributed by atoms with Gasteiger partial charge in [0.25, 0.3) is 0 Å². The van der Waals surface area contributed by atoms with E-state index in [1.165, 1.54) is 37.7 Å². The average molecular weight is 270 g/mol. The van der Waals surface area contributed by atoms with Crippen molar-refractivity contribution >= 4 is 5.78 Å². The molecule has 2 atom stereocenters. The van der Waals surface area contributed by atoms with Crippen molar-refractivity contribution in [1.82, 2.24) is 0 Å². The SMILES string of the molecule is CCC1CCCCC1C(=O)C1(c2ccccc2)CCC1. The van der Waals surface area contributed by atoms with Gasteiger partial charge in [-0.25, -0.2) is 0 Å². The Labute approximate surface area is 122 Å². The number of benzene rings is 1. The number of Topliss-reactive ketones (excluding diaryl/α,β-unsaturated/α-hetero) is 1. The van der Waals surface area contributed by atoms with Crippen molar-refractivity contribution in [3.05, 3.63) is 35.9 Å². The highest BCUT2D eigenvalue weighted by atomic mass is 16.1. The quantitative estimate of drug-likeness (QED) is 0.761. The Morgan fingerprint density at radius 1 is 1.10 bits per heavy atom. The summed E-state index contributed by atoms with van der Waals surface area (Å²) in [7, 11) is 0. The molecule has 3 rings (SSSR count). The molecule has 0 aromatic heterocycles. The predicted octanol–water partition coefficient (Wildman–Crippen LogP) is 4.89. The van der Waals surface area contributed by atoms with Crippen LogP contribution in [0.1, 0.15) is 63.9 Å². The highest BCUT2D eigenvalue weighted by molar-refractivity contribution is 5.93. The van der Waals surface area contributed by atoms with Crippen LogP contribution in [-0.4, -0.2) is 5.78 Å². The molecular weight excluding hydrogens is 244 g/mol. The van der Waals surface area contributed by atoms with Crippen molar-refractivity contribution in [3.8, 4) is 0 Å². The van der Waals surface area contributed by atoms with Crippen LogP contribution in [0.15, 0.2) is 30.3 Å². The van der Waals surface area contributed by atoms with Gasteiger partial charge in [-0.2, -0.15) is 0 Å². The minimum Gasteiger partial charge on any atom is -0.298 e. The van der Waals surface area contributed by atoms with E-state index in [2.05, 4.69) is 37.3 Å². The molecule has 0 N–H and O–H groups in total. The van der Waals surface area contributed by atoms with Gasteiger partial charge in [-0.1, -0.05) is 62.9 Å². The van der Waals surface area contributed by atoms with Crippen molar-refractivity contribution in [2.75, 3.05) is 0 Å². The molecule has 108 valence electrons. The van der Waals surface area contributed by atoms with E-state index >= 15 is 0 Å². The van der Waals surface area contributed by atoms with Crippen LogP contribution in [0.5, 0.6) is 0 Å². The zero-order chi connectivity index (χ0) is 14.0. The van der Waals surface area contributed by atoms with Crippen LogP contribution in [0.2, 0.25) is 0 Å². The molecule has 2 aliphatic rings. The number of carbonyl (C=O) groups is 1. The van der Waals surface area contributed by atoms with Crippen LogP contribution in [-0.2, 0) is 10.2 Å². The van der Waals surface area contributed by atoms with E-state index in [0.29, 0.717) is 17.6 Å². The highest BCUT2D eigenvalue weighted by Crippen LogP contribution is 2.49. The van der Waals surface area contributed by atoms with Gasteiger partial charge < -0.3 is 0 Å². The molecule has 20 heavy (non-hydrogen) atoms. The number of hydrogen-bond donors (Lipinski definition) is 0. The molecule has 2 saturated carbocycles. The van der Waals surface area contributed by atoms with Crippen LogP contribution in [0.3, 0.4) is 0 Å².